The number of hydrogen-bond acceptors (Lipinski definition) is 7. The van der Waals surface area contributed by atoms with Crippen molar-refractivity contribution in [2.45, 2.75) is 13.8 Å². The molecular formula is C18H21N7O2. The molecule has 2 N–H and O–H groups in total. The van der Waals surface area contributed by atoms with Gasteiger partial charge in [-0.2, -0.15) is 0 Å². The zero-order valence-corrected chi connectivity index (χ0v) is 15.4. The third-order valence-electron chi connectivity index (χ3n) is 3.82. The van der Waals surface area contributed by atoms with Crippen LogP contribution in [0.1, 0.15) is 22.0 Å². The van der Waals surface area contributed by atoms with Crippen LogP contribution in [0.5, 0.6) is 5.88 Å². The first kappa shape index (κ1) is 18.3. The van der Waals surface area contributed by atoms with Gasteiger partial charge in [-0.05, 0) is 19.9 Å². The Morgan fingerprint density at radius 2 is 2.04 bits per heavy atom. The number of nitrogens with zero attached hydrogens (tertiary/aromatic N) is 5. The number of hydrogen-bond donors (Lipinski definition) is 2. The number of amides is 1. The van der Waals surface area contributed by atoms with Crippen LogP contribution in [0.4, 0.5) is 5.82 Å². The second kappa shape index (κ2) is 8.26. The van der Waals surface area contributed by atoms with E-state index < -0.39 is 0 Å². The standard InChI is InChI=1S/C18H21N7O2/c1-12-23-15(10-16(24-12)25-9-8-19-13(25)2)20-6-7-21-18(26)14-4-5-17(27-3)22-11-14/h4-5,8-11H,6-7H2,1-3H3,(H,21,26)(H,20,23,24). The van der Waals surface area contributed by atoms with Crippen LogP contribution < -0.4 is 15.4 Å². The van der Waals surface area contributed by atoms with Crippen LogP contribution in [-0.2, 0) is 0 Å². The van der Waals surface area contributed by atoms with Crippen molar-refractivity contribution in [2.24, 2.45) is 0 Å². The molecular weight excluding hydrogens is 346 g/mol. The van der Waals surface area contributed by atoms with E-state index in [4.69, 9.17) is 4.74 Å². The first-order valence-electron chi connectivity index (χ1n) is 8.45. The van der Waals surface area contributed by atoms with E-state index in [1.807, 2.05) is 30.7 Å². The predicted molar refractivity (Wildman–Crippen MR) is 100 cm³/mol. The van der Waals surface area contributed by atoms with Gasteiger partial charge in [0, 0.05) is 43.8 Å². The predicted octanol–water partition coefficient (Wildman–Crippen LogP) is 1.52. The second-order valence-corrected chi connectivity index (χ2v) is 5.77. The molecule has 0 unspecified atom stereocenters. The van der Waals surface area contributed by atoms with Gasteiger partial charge in [0.25, 0.3) is 5.91 Å². The van der Waals surface area contributed by atoms with E-state index in [9.17, 15) is 4.79 Å². The monoisotopic (exact) mass is 367 g/mol. The maximum absolute atomic E-state index is 12.1. The fraction of sp³-hybridized carbons (Fsp3) is 0.278. The highest BCUT2D eigenvalue weighted by atomic mass is 16.5. The summed E-state index contributed by atoms with van der Waals surface area (Å²) >= 11 is 0. The summed E-state index contributed by atoms with van der Waals surface area (Å²) in [6, 6.07) is 5.16. The minimum atomic E-state index is -0.194. The highest BCUT2D eigenvalue weighted by Gasteiger charge is 2.08. The molecule has 0 spiro atoms. The maximum atomic E-state index is 12.1. The zero-order chi connectivity index (χ0) is 19.2. The smallest absolute Gasteiger partial charge is 0.252 e. The molecule has 0 saturated heterocycles. The second-order valence-electron chi connectivity index (χ2n) is 5.77. The highest BCUT2D eigenvalue weighted by Crippen LogP contribution is 2.12. The Labute approximate surface area is 156 Å². The van der Waals surface area contributed by atoms with E-state index in [1.54, 1.807) is 18.3 Å². The van der Waals surface area contributed by atoms with Crippen LogP contribution in [-0.4, -0.2) is 50.6 Å². The summed E-state index contributed by atoms with van der Waals surface area (Å²) in [5.41, 5.74) is 0.478. The molecule has 0 aromatic carbocycles. The molecule has 0 atom stereocenters. The van der Waals surface area contributed by atoms with Gasteiger partial charge in [0.05, 0.1) is 12.7 Å². The molecule has 0 saturated carbocycles. The highest BCUT2D eigenvalue weighted by molar-refractivity contribution is 5.93. The van der Waals surface area contributed by atoms with Crippen molar-refractivity contribution in [2.75, 3.05) is 25.5 Å². The number of ether oxygens (including phenoxy) is 1. The molecule has 9 heteroatoms. The summed E-state index contributed by atoms with van der Waals surface area (Å²) in [7, 11) is 1.53. The molecule has 0 aliphatic rings. The van der Waals surface area contributed by atoms with Gasteiger partial charge in [-0.15, -0.1) is 0 Å². The number of anilines is 1. The normalized spacial score (nSPS) is 10.5. The van der Waals surface area contributed by atoms with E-state index in [1.165, 1.54) is 13.3 Å². The quantitative estimate of drug-likeness (QED) is 0.610. The average molecular weight is 367 g/mol. The molecule has 3 aromatic rings. The van der Waals surface area contributed by atoms with Crippen molar-refractivity contribution >= 4 is 11.7 Å². The third kappa shape index (κ3) is 4.57. The average Bonchev–Trinajstić information content (AvgIpc) is 3.10. The molecule has 0 radical (unpaired) electrons. The number of rotatable bonds is 7. The fourth-order valence-corrected chi connectivity index (χ4v) is 2.49. The van der Waals surface area contributed by atoms with Gasteiger partial charge in [-0.1, -0.05) is 0 Å². The maximum Gasteiger partial charge on any atom is 0.252 e. The Kier molecular flexibility index (Phi) is 5.60. The molecule has 3 rings (SSSR count). The molecule has 27 heavy (non-hydrogen) atoms. The molecule has 0 bridgehead atoms. The fourth-order valence-electron chi connectivity index (χ4n) is 2.49. The lowest BCUT2D eigenvalue weighted by molar-refractivity contribution is 0.0954. The van der Waals surface area contributed by atoms with Crippen LogP contribution in [0.2, 0.25) is 0 Å². The number of nitrogens with one attached hydrogen (secondary N) is 2. The third-order valence-corrected chi connectivity index (χ3v) is 3.82. The summed E-state index contributed by atoms with van der Waals surface area (Å²) in [5, 5.41) is 6.03. The number of aromatic nitrogens is 5. The number of aryl methyl sites for hydroxylation is 2. The summed E-state index contributed by atoms with van der Waals surface area (Å²) in [6.07, 6.45) is 5.06. The van der Waals surface area contributed by atoms with Crippen LogP contribution in [0.3, 0.4) is 0 Å². The van der Waals surface area contributed by atoms with E-state index in [2.05, 4.69) is 30.6 Å². The van der Waals surface area contributed by atoms with Crippen molar-refractivity contribution in [3.05, 3.63) is 54.0 Å². The van der Waals surface area contributed by atoms with E-state index in [-0.39, 0.29) is 5.91 Å². The summed E-state index contributed by atoms with van der Waals surface area (Å²) < 4.78 is 6.87. The first-order chi connectivity index (χ1) is 13.1. The molecule has 1 amide bonds. The molecule has 140 valence electrons. The van der Waals surface area contributed by atoms with E-state index in [0.29, 0.717) is 36.2 Å². The van der Waals surface area contributed by atoms with E-state index >= 15 is 0 Å². The molecule has 3 heterocycles. The van der Waals surface area contributed by atoms with Crippen LogP contribution in [0, 0.1) is 13.8 Å². The zero-order valence-electron chi connectivity index (χ0n) is 15.4. The van der Waals surface area contributed by atoms with Crippen LogP contribution in [0.25, 0.3) is 5.82 Å². The molecule has 9 nitrogen and oxygen atoms in total. The van der Waals surface area contributed by atoms with Gasteiger partial charge in [-0.25, -0.2) is 19.9 Å². The lowest BCUT2D eigenvalue weighted by Crippen LogP contribution is -2.29. The lowest BCUT2D eigenvalue weighted by Gasteiger charge is -2.10. The van der Waals surface area contributed by atoms with Gasteiger partial charge in [-0.3, -0.25) is 9.36 Å². The Hall–Kier alpha value is -3.49. The Morgan fingerprint density at radius 1 is 1.19 bits per heavy atom. The van der Waals surface area contributed by atoms with Crippen molar-refractivity contribution in [1.29, 1.82) is 0 Å². The number of carbonyl (C=O) groups excluding carboxylic acids is 1. The molecule has 0 fully saturated rings. The van der Waals surface area contributed by atoms with Gasteiger partial charge < -0.3 is 15.4 Å². The van der Waals surface area contributed by atoms with Crippen molar-refractivity contribution in [3.63, 3.8) is 0 Å². The number of methoxy groups -OCH3 is 1. The number of imidazole rings is 1. The van der Waals surface area contributed by atoms with Crippen molar-refractivity contribution in [1.82, 2.24) is 29.8 Å². The van der Waals surface area contributed by atoms with Gasteiger partial charge in [0.15, 0.2) is 0 Å². The van der Waals surface area contributed by atoms with Crippen molar-refractivity contribution < 1.29 is 9.53 Å². The van der Waals surface area contributed by atoms with Gasteiger partial charge >= 0.3 is 0 Å². The topological polar surface area (TPSA) is 107 Å². The Balaban J connectivity index is 1.55. The van der Waals surface area contributed by atoms with Crippen LogP contribution in [0.15, 0.2) is 36.8 Å². The number of pyridine rings is 1. The van der Waals surface area contributed by atoms with E-state index in [0.717, 1.165) is 11.6 Å². The largest absolute Gasteiger partial charge is 0.481 e. The van der Waals surface area contributed by atoms with Gasteiger partial charge in [0.2, 0.25) is 5.88 Å². The first-order valence-corrected chi connectivity index (χ1v) is 8.45. The van der Waals surface area contributed by atoms with Crippen LogP contribution >= 0.6 is 0 Å². The summed E-state index contributed by atoms with van der Waals surface area (Å²) in [4.78, 5) is 29.1. The SMILES string of the molecule is COc1ccc(C(=O)NCCNc2cc(-n3ccnc3C)nc(C)n2)cn1. The summed E-state index contributed by atoms with van der Waals surface area (Å²) in [6.45, 7) is 4.70. The molecule has 0 aliphatic carbocycles. The molecule has 0 aliphatic heterocycles. The Morgan fingerprint density at radius 3 is 2.70 bits per heavy atom. The van der Waals surface area contributed by atoms with Crippen molar-refractivity contribution in [3.8, 4) is 11.7 Å². The minimum Gasteiger partial charge on any atom is -0.481 e. The van der Waals surface area contributed by atoms with Gasteiger partial charge in [0.1, 0.15) is 23.3 Å². The minimum absolute atomic E-state index is 0.194. The molecule has 3 aromatic heterocycles. The Bertz CT molecular complexity index is 922. The summed E-state index contributed by atoms with van der Waals surface area (Å²) in [5.74, 6) is 3.20. The lowest BCUT2D eigenvalue weighted by atomic mass is 10.2. The number of carbonyl (C=O) groups is 1.